The molecule has 0 fully saturated rings. The van der Waals surface area contributed by atoms with Crippen molar-refractivity contribution >= 4 is 11.7 Å². The normalized spacial score (nSPS) is 11.1. The van der Waals surface area contributed by atoms with E-state index in [4.69, 9.17) is 16.4 Å². The third kappa shape index (κ3) is 5.65. The monoisotopic (exact) mass is 414 g/mol. The molecule has 0 bridgehead atoms. The van der Waals surface area contributed by atoms with E-state index in [-0.39, 0.29) is 17.0 Å². The van der Waals surface area contributed by atoms with Crippen molar-refractivity contribution in [2.75, 3.05) is 12.1 Å². The average molecular weight is 414 g/mol. The van der Waals surface area contributed by atoms with Crippen LogP contribution in [-0.4, -0.2) is 29.6 Å². The predicted molar refractivity (Wildman–Crippen MR) is 99.0 cm³/mol. The summed E-state index contributed by atoms with van der Waals surface area (Å²) in [6.07, 6.45) is -4.45. The SMILES string of the molecule is CCc1cc(O)ccc1OCc1c(OC(F)(F)F)cccc1N(N)C(=O)N(C)N. The molecule has 11 heteroatoms. The van der Waals surface area contributed by atoms with E-state index in [9.17, 15) is 23.1 Å². The largest absolute Gasteiger partial charge is 0.573 e. The van der Waals surface area contributed by atoms with Gasteiger partial charge in [-0.25, -0.2) is 21.5 Å². The van der Waals surface area contributed by atoms with E-state index >= 15 is 0 Å². The number of carbonyl (C=O) groups excluding carboxylic acids is 1. The highest BCUT2D eigenvalue weighted by molar-refractivity contribution is 5.91. The maximum atomic E-state index is 12.8. The number of hydrogen-bond acceptors (Lipinski definition) is 6. The van der Waals surface area contributed by atoms with Crippen molar-refractivity contribution in [3.63, 3.8) is 0 Å². The van der Waals surface area contributed by atoms with Gasteiger partial charge in [0.15, 0.2) is 0 Å². The molecular weight excluding hydrogens is 393 g/mol. The third-order valence-corrected chi connectivity index (χ3v) is 3.90. The molecule has 0 aromatic heterocycles. The van der Waals surface area contributed by atoms with Crippen molar-refractivity contribution in [1.29, 1.82) is 0 Å². The van der Waals surface area contributed by atoms with Gasteiger partial charge in [0, 0.05) is 7.05 Å². The van der Waals surface area contributed by atoms with E-state index in [1.54, 1.807) is 0 Å². The molecule has 5 N–H and O–H groups in total. The molecule has 0 saturated carbocycles. The van der Waals surface area contributed by atoms with Crippen LogP contribution >= 0.6 is 0 Å². The summed E-state index contributed by atoms with van der Waals surface area (Å²) in [5.41, 5.74) is 0.451. The number of phenols is 1. The highest BCUT2D eigenvalue weighted by atomic mass is 19.4. The number of halogens is 3. The summed E-state index contributed by atoms with van der Waals surface area (Å²) in [6, 6.07) is 7.15. The predicted octanol–water partition coefficient (Wildman–Crippen LogP) is 3.04. The van der Waals surface area contributed by atoms with Crippen molar-refractivity contribution in [2.45, 2.75) is 26.3 Å². The molecule has 2 rings (SSSR count). The molecule has 0 saturated heterocycles. The molecule has 2 amide bonds. The number of ether oxygens (including phenoxy) is 2. The van der Waals surface area contributed by atoms with Crippen LogP contribution in [0.4, 0.5) is 23.7 Å². The van der Waals surface area contributed by atoms with Gasteiger partial charge in [0.25, 0.3) is 0 Å². The molecule has 158 valence electrons. The lowest BCUT2D eigenvalue weighted by atomic mass is 10.1. The number of hydrogen-bond donors (Lipinski definition) is 3. The lowest BCUT2D eigenvalue weighted by Crippen LogP contribution is -2.49. The van der Waals surface area contributed by atoms with E-state index in [2.05, 4.69) is 4.74 Å². The summed E-state index contributed by atoms with van der Waals surface area (Å²) in [4.78, 5) is 12.1. The minimum absolute atomic E-state index is 0.0282. The molecule has 8 nitrogen and oxygen atoms in total. The Balaban J connectivity index is 2.44. The van der Waals surface area contributed by atoms with Gasteiger partial charge in [-0.2, -0.15) is 0 Å². The van der Waals surface area contributed by atoms with Gasteiger partial charge < -0.3 is 14.6 Å². The van der Waals surface area contributed by atoms with Crippen LogP contribution in [0.25, 0.3) is 0 Å². The molecule has 0 atom stereocenters. The molecule has 0 aliphatic heterocycles. The van der Waals surface area contributed by atoms with Crippen LogP contribution < -0.4 is 26.2 Å². The molecule has 0 aliphatic rings. The number of aryl methyl sites for hydroxylation is 1. The van der Waals surface area contributed by atoms with Crippen molar-refractivity contribution in [3.8, 4) is 17.2 Å². The molecule has 0 radical (unpaired) electrons. The van der Waals surface area contributed by atoms with Crippen LogP contribution in [0.5, 0.6) is 17.2 Å². The molecule has 0 spiro atoms. The van der Waals surface area contributed by atoms with Crippen molar-refractivity contribution in [2.24, 2.45) is 11.7 Å². The Kier molecular flexibility index (Phi) is 6.77. The zero-order valence-electron chi connectivity index (χ0n) is 15.7. The number of rotatable bonds is 6. The number of alkyl halides is 3. The van der Waals surface area contributed by atoms with E-state index in [1.165, 1.54) is 37.4 Å². The summed E-state index contributed by atoms with van der Waals surface area (Å²) < 4.78 is 48.2. The number of phenolic OH excluding ortho intramolecular Hbond substituents is 1. The number of aromatic hydroxyl groups is 1. The maximum absolute atomic E-state index is 12.8. The first-order chi connectivity index (χ1) is 13.5. The van der Waals surface area contributed by atoms with Crippen LogP contribution in [0.15, 0.2) is 36.4 Å². The summed E-state index contributed by atoms with van der Waals surface area (Å²) in [5.74, 6) is 10.9. The Bertz CT molecular complexity index is 875. The molecule has 0 unspecified atom stereocenters. The maximum Gasteiger partial charge on any atom is 0.573 e. The Labute approximate surface area is 164 Å². The first-order valence-electron chi connectivity index (χ1n) is 8.43. The molecule has 0 heterocycles. The summed E-state index contributed by atoms with van der Waals surface area (Å²) in [5, 5.41) is 10.9. The van der Waals surface area contributed by atoms with Gasteiger partial charge in [-0.05, 0) is 42.3 Å². The number of carbonyl (C=O) groups is 1. The van der Waals surface area contributed by atoms with Crippen LogP contribution in [0.3, 0.4) is 0 Å². The molecule has 0 aliphatic carbocycles. The van der Waals surface area contributed by atoms with E-state index in [0.717, 1.165) is 6.07 Å². The number of nitrogens with zero attached hydrogens (tertiary/aromatic N) is 2. The van der Waals surface area contributed by atoms with E-state index < -0.39 is 24.7 Å². The molecule has 2 aromatic carbocycles. The summed E-state index contributed by atoms with van der Waals surface area (Å²) in [7, 11) is 1.23. The van der Waals surface area contributed by atoms with Gasteiger partial charge in [0.05, 0.1) is 11.3 Å². The standard InChI is InChI=1S/C18H21F3N4O4/c1-3-11-9-12(26)7-8-15(11)28-10-13-14(25(23)17(27)24(2)22)5-4-6-16(13)29-18(19,20)21/h4-9,26H,3,10,22-23H2,1-2H3. The number of amides is 2. The second-order valence-corrected chi connectivity index (χ2v) is 6.00. The zero-order valence-corrected chi connectivity index (χ0v) is 15.7. The second-order valence-electron chi connectivity index (χ2n) is 6.00. The first-order valence-corrected chi connectivity index (χ1v) is 8.43. The van der Waals surface area contributed by atoms with Gasteiger partial charge in [-0.15, -0.1) is 13.2 Å². The van der Waals surface area contributed by atoms with Gasteiger partial charge in [0.1, 0.15) is 23.9 Å². The second kappa shape index (κ2) is 8.88. The summed E-state index contributed by atoms with van der Waals surface area (Å²) in [6.45, 7) is 1.43. The van der Waals surface area contributed by atoms with Gasteiger partial charge in [-0.3, -0.25) is 5.01 Å². The average Bonchev–Trinajstić information content (AvgIpc) is 2.64. The highest BCUT2D eigenvalue weighted by Crippen LogP contribution is 2.34. The van der Waals surface area contributed by atoms with Crippen LogP contribution in [-0.2, 0) is 13.0 Å². The lowest BCUT2D eigenvalue weighted by Gasteiger charge is -2.25. The van der Waals surface area contributed by atoms with Crippen molar-refractivity contribution in [3.05, 3.63) is 47.5 Å². The van der Waals surface area contributed by atoms with Crippen molar-refractivity contribution in [1.82, 2.24) is 5.01 Å². The Morgan fingerprint density at radius 1 is 1.17 bits per heavy atom. The summed E-state index contributed by atoms with van der Waals surface area (Å²) >= 11 is 0. The lowest BCUT2D eigenvalue weighted by molar-refractivity contribution is -0.275. The topological polar surface area (TPSA) is 114 Å². The number of hydrazine groups is 2. The first kappa shape index (κ1) is 22.1. The van der Waals surface area contributed by atoms with E-state index in [1.807, 2.05) is 6.92 Å². The van der Waals surface area contributed by atoms with Gasteiger partial charge >= 0.3 is 12.4 Å². The Morgan fingerprint density at radius 3 is 2.45 bits per heavy atom. The molecular formula is C18H21F3N4O4. The van der Waals surface area contributed by atoms with Crippen molar-refractivity contribution < 1.29 is 32.5 Å². The number of nitrogens with two attached hydrogens (primary N) is 2. The fourth-order valence-corrected chi connectivity index (χ4v) is 2.55. The minimum Gasteiger partial charge on any atom is -0.508 e. The highest BCUT2D eigenvalue weighted by Gasteiger charge is 2.33. The minimum atomic E-state index is -4.96. The molecule has 2 aromatic rings. The number of anilines is 1. The van der Waals surface area contributed by atoms with Gasteiger partial charge in [0.2, 0.25) is 0 Å². The van der Waals surface area contributed by atoms with Crippen LogP contribution in [0.2, 0.25) is 0 Å². The van der Waals surface area contributed by atoms with Crippen LogP contribution in [0.1, 0.15) is 18.1 Å². The molecule has 29 heavy (non-hydrogen) atoms. The zero-order chi connectivity index (χ0) is 21.8. The van der Waals surface area contributed by atoms with Gasteiger partial charge in [-0.1, -0.05) is 13.0 Å². The fraction of sp³-hybridized carbons (Fsp3) is 0.278. The van der Waals surface area contributed by atoms with E-state index in [0.29, 0.717) is 27.8 Å². The van der Waals surface area contributed by atoms with Crippen LogP contribution in [0, 0.1) is 0 Å². The number of urea groups is 1. The quantitative estimate of drug-likeness (QED) is 0.380. The Morgan fingerprint density at radius 2 is 1.86 bits per heavy atom. The fourth-order valence-electron chi connectivity index (χ4n) is 2.55. The number of benzene rings is 2. The third-order valence-electron chi connectivity index (χ3n) is 3.90. The smallest absolute Gasteiger partial charge is 0.508 e. The Hall–Kier alpha value is -3.18.